The third-order valence-electron chi connectivity index (χ3n) is 10.5. The Hall–Kier alpha value is -5.87. The first kappa shape index (κ1) is 29.3. The van der Waals surface area contributed by atoms with E-state index in [1.54, 1.807) is 0 Å². The largest absolute Gasteiger partial charge is 0.279 e. The average molecular weight is 633 g/mol. The van der Waals surface area contributed by atoms with E-state index in [1.165, 1.54) is 44.5 Å². The molecule has 1 heterocycles. The van der Waals surface area contributed by atoms with Crippen molar-refractivity contribution in [1.29, 1.82) is 0 Å². The van der Waals surface area contributed by atoms with Crippen LogP contribution in [0, 0.1) is 0 Å². The van der Waals surface area contributed by atoms with Crippen LogP contribution in [0.5, 0.6) is 0 Å². The molecule has 6 aromatic carbocycles. The van der Waals surface area contributed by atoms with Crippen LogP contribution in [0.1, 0.15) is 49.9 Å². The number of benzene rings is 6. The molecule has 0 saturated carbocycles. The number of hydrogen-bond donors (Lipinski definition) is 0. The van der Waals surface area contributed by atoms with Crippen molar-refractivity contribution in [2.75, 3.05) is 4.90 Å². The van der Waals surface area contributed by atoms with Crippen LogP contribution in [0.3, 0.4) is 0 Å². The van der Waals surface area contributed by atoms with Crippen LogP contribution >= 0.6 is 0 Å². The monoisotopic (exact) mass is 632 g/mol. The van der Waals surface area contributed by atoms with E-state index in [4.69, 9.17) is 15.0 Å². The zero-order chi connectivity index (χ0) is 33.3. The quantitative estimate of drug-likeness (QED) is 0.189. The predicted octanol–water partition coefficient (Wildman–Crippen LogP) is 11.3. The molecule has 2 aliphatic carbocycles. The van der Waals surface area contributed by atoms with E-state index in [0.29, 0.717) is 17.6 Å². The second-order valence-corrected chi connectivity index (χ2v) is 14.2. The molecule has 0 radical (unpaired) electrons. The Morgan fingerprint density at radius 2 is 0.918 bits per heavy atom. The lowest BCUT2D eigenvalue weighted by Gasteiger charge is -2.26. The number of anilines is 3. The Morgan fingerprint density at radius 3 is 1.61 bits per heavy atom. The minimum absolute atomic E-state index is 0.0795. The first-order chi connectivity index (χ1) is 23.8. The van der Waals surface area contributed by atoms with Gasteiger partial charge < -0.3 is 0 Å². The normalized spacial score (nSPS) is 14.4. The second-order valence-electron chi connectivity index (χ2n) is 14.2. The Bertz CT molecular complexity index is 2390. The standard InChI is InChI=1S/C45H36N4/c1-44(2)38-22-14-12-20-34(38)36-28-32(24-26-39(36)44)49(31-17-9-6-10-18-31)43-47-41(29-15-7-5-8-16-29)46-42(48-43)30-23-25-35-33-19-11-13-21-37(33)45(3,4)40(35)27-30/h5-28H,1-4H3. The molecule has 4 heteroatoms. The number of fused-ring (bicyclic) bond motifs is 6. The van der Waals surface area contributed by atoms with Crippen molar-refractivity contribution in [2.24, 2.45) is 0 Å². The van der Waals surface area contributed by atoms with Gasteiger partial charge >= 0.3 is 0 Å². The zero-order valence-electron chi connectivity index (χ0n) is 28.1. The summed E-state index contributed by atoms with van der Waals surface area (Å²) < 4.78 is 0. The minimum atomic E-state index is -0.134. The summed E-state index contributed by atoms with van der Waals surface area (Å²) in [6.07, 6.45) is 0. The fraction of sp³-hybridized carbons (Fsp3) is 0.133. The molecule has 236 valence electrons. The number of para-hydroxylation sites is 1. The lowest BCUT2D eigenvalue weighted by molar-refractivity contribution is 0.660. The molecule has 0 atom stereocenters. The van der Waals surface area contributed by atoms with Crippen LogP contribution < -0.4 is 4.90 Å². The molecule has 7 aromatic rings. The lowest BCUT2D eigenvalue weighted by atomic mass is 9.82. The maximum absolute atomic E-state index is 5.27. The van der Waals surface area contributed by atoms with E-state index >= 15 is 0 Å². The van der Waals surface area contributed by atoms with Crippen molar-refractivity contribution < 1.29 is 0 Å². The zero-order valence-corrected chi connectivity index (χ0v) is 28.1. The Balaban J connectivity index is 1.25. The highest BCUT2D eigenvalue weighted by atomic mass is 15.3. The molecular formula is C45H36N4. The van der Waals surface area contributed by atoms with Gasteiger partial charge in [0, 0.05) is 33.3 Å². The first-order valence-electron chi connectivity index (χ1n) is 17.0. The van der Waals surface area contributed by atoms with E-state index in [1.807, 2.05) is 24.3 Å². The Morgan fingerprint density at radius 1 is 0.388 bits per heavy atom. The number of nitrogens with zero attached hydrogens (tertiary/aromatic N) is 4. The fourth-order valence-electron chi connectivity index (χ4n) is 7.96. The van der Waals surface area contributed by atoms with Crippen molar-refractivity contribution in [3.05, 3.63) is 168 Å². The smallest absolute Gasteiger partial charge is 0.238 e. The van der Waals surface area contributed by atoms with Crippen LogP contribution in [0.15, 0.2) is 146 Å². The van der Waals surface area contributed by atoms with Gasteiger partial charge in [-0.3, -0.25) is 4.90 Å². The fourth-order valence-corrected chi connectivity index (χ4v) is 7.96. The maximum Gasteiger partial charge on any atom is 0.238 e. The molecule has 9 rings (SSSR count). The average Bonchev–Trinajstić information content (AvgIpc) is 3.51. The molecule has 0 bridgehead atoms. The molecule has 49 heavy (non-hydrogen) atoms. The summed E-state index contributed by atoms with van der Waals surface area (Å²) in [5, 5.41) is 0. The van der Waals surface area contributed by atoms with Crippen molar-refractivity contribution in [2.45, 2.75) is 38.5 Å². The maximum atomic E-state index is 5.27. The van der Waals surface area contributed by atoms with Gasteiger partial charge in [-0.05, 0) is 74.8 Å². The van der Waals surface area contributed by atoms with Gasteiger partial charge in [-0.2, -0.15) is 9.97 Å². The summed E-state index contributed by atoms with van der Waals surface area (Å²) in [4.78, 5) is 17.8. The molecule has 0 N–H and O–H groups in total. The van der Waals surface area contributed by atoms with Crippen molar-refractivity contribution in [1.82, 2.24) is 15.0 Å². The molecule has 0 fully saturated rings. The molecule has 0 amide bonds. The van der Waals surface area contributed by atoms with Gasteiger partial charge in [-0.25, -0.2) is 4.98 Å². The molecule has 4 nitrogen and oxygen atoms in total. The summed E-state index contributed by atoms with van der Waals surface area (Å²) in [7, 11) is 0. The van der Waals surface area contributed by atoms with Crippen LogP contribution in [-0.2, 0) is 10.8 Å². The third-order valence-corrected chi connectivity index (χ3v) is 10.5. The van der Waals surface area contributed by atoms with Crippen molar-refractivity contribution in [3.8, 4) is 45.0 Å². The van der Waals surface area contributed by atoms with Gasteiger partial charge in [0.05, 0.1) is 0 Å². The first-order valence-corrected chi connectivity index (χ1v) is 17.0. The highest BCUT2D eigenvalue weighted by molar-refractivity contribution is 5.87. The molecule has 0 unspecified atom stereocenters. The van der Waals surface area contributed by atoms with Gasteiger partial charge in [-0.1, -0.05) is 143 Å². The van der Waals surface area contributed by atoms with Gasteiger partial charge in [-0.15, -0.1) is 0 Å². The summed E-state index contributed by atoms with van der Waals surface area (Å²) in [5.41, 5.74) is 14.1. The molecule has 0 spiro atoms. The highest BCUT2D eigenvalue weighted by Crippen LogP contribution is 2.51. The van der Waals surface area contributed by atoms with E-state index in [9.17, 15) is 0 Å². The Labute approximate surface area is 287 Å². The SMILES string of the molecule is CC1(C)c2ccccc2-c2cc(N(c3ccccc3)c3nc(-c4ccccc4)nc(-c4ccc5c(c4)C(C)(C)c4ccccc4-5)n3)ccc21. The van der Waals surface area contributed by atoms with E-state index in [-0.39, 0.29) is 10.8 Å². The van der Waals surface area contributed by atoms with E-state index in [0.717, 1.165) is 22.5 Å². The van der Waals surface area contributed by atoms with Crippen LogP contribution in [0.4, 0.5) is 17.3 Å². The van der Waals surface area contributed by atoms with E-state index in [2.05, 4.69) is 154 Å². The van der Waals surface area contributed by atoms with Gasteiger partial charge in [0.15, 0.2) is 11.6 Å². The molecular weight excluding hydrogens is 597 g/mol. The molecule has 1 aromatic heterocycles. The Kier molecular flexibility index (Phi) is 6.47. The molecule has 0 aliphatic heterocycles. The summed E-state index contributed by atoms with van der Waals surface area (Å²) in [6, 6.07) is 51.6. The lowest BCUT2D eigenvalue weighted by Crippen LogP contribution is -2.17. The van der Waals surface area contributed by atoms with Gasteiger partial charge in [0.2, 0.25) is 5.95 Å². The molecule has 2 aliphatic rings. The minimum Gasteiger partial charge on any atom is -0.279 e. The highest BCUT2D eigenvalue weighted by Gasteiger charge is 2.37. The van der Waals surface area contributed by atoms with Gasteiger partial charge in [0.25, 0.3) is 0 Å². The van der Waals surface area contributed by atoms with Crippen molar-refractivity contribution in [3.63, 3.8) is 0 Å². The summed E-state index contributed by atoms with van der Waals surface area (Å²) in [5.74, 6) is 1.85. The van der Waals surface area contributed by atoms with Crippen LogP contribution in [0.25, 0.3) is 45.0 Å². The predicted molar refractivity (Wildman–Crippen MR) is 201 cm³/mol. The van der Waals surface area contributed by atoms with Crippen molar-refractivity contribution >= 4 is 17.3 Å². The second kappa shape index (κ2) is 10.8. The van der Waals surface area contributed by atoms with Crippen LogP contribution in [0.2, 0.25) is 0 Å². The summed E-state index contributed by atoms with van der Waals surface area (Å²) >= 11 is 0. The molecule has 0 saturated heterocycles. The van der Waals surface area contributed by atoms with E-state index < -0.39 is 0 Å². The number of hydrogen-bond acceptors (Lipinski definition) is 4. The van der Waals surface area contributed by atoms with Gasteiger partial charge in [0.1, 0.15) is 0 Å². The number of aromatic nitrogens is 3. The third kappa shape index (κ3) is 4.55. The number of rotatable bonds is 5. The summed E-state index contributed by atoms with van der Waals surface area (Å²) in [6.45, 7) is 9.24. The topological polar surface area (TPSA) is 41.9 Å². The van der Waals surface area contributed by atoms with Crippen LogP contribution in [-0.4, -0.2) is 15.0 Å².